The van der Waals surface area contributed by atoms with Gasteiger partial charge in [0.15, 0.2) is 0 Å². The average Bonchev–Trinajstić information content (AvgIpc) is 3.33. The molecule has 158 valence electrons. The van der Waals surface area contributed by atoms with Crippen LogP contribution in [-0.2, 0) is 17.9 Å². The van der Waals surface area contributed by atoms with Crippen LogP contribution < -0.4 is 10.1 Å². The van der Waals surface area contributed by atoms with Crippen molar-refractivity contribution in [3.05, 3.63) is 102 Å². The van der Waals surface area contributed by atoms with Crippen molar-refractivity contribution < 1.29 is 14.3 Å². The Morgan fingerprint density at radius 1 is 0.871 bits per heavy atom. The van der Waals surface area contributed by atoms with Crippen LogP contribution >= 0.6 is 0 Å². The van der Waals surface area contributed by atoms with E-state index >= 15 is 0 Å². The maximum atomic E-state index is 12.8. The van der Waals surface area contributed by atoms with E-state index in [0.717, 1.165) is 23.3 Å². The van der Waals surface area contributed by atoms with E-state index in [1.165, 1.54) is 0 Å². The van der Waals surface area contributed by atoms with Crippen LogP contribution in [0, 0.1) is 0 Å². The molecular formula is C26H26N2O3. The fourth-order valence-electron chi connectivity index (χ4n) is 3.77. The summed E-state index contributed by atoms with van der Waals surface area (Å²) in [6, 6.07) is 26.4. The lowest BCUT2D eigenvalue weighted by molar-refractivity contribution is -0.125. The van der Waals surface area contributed by atoms with Gasteiger partial charge in [-0.2, -0.15) is 0 Å². The van der Waals surface area contributed by atoms with Crippen LogP contribution in [0.4, 0.5) is 0 Å². The zero-order valence-electron chi connectivity index (χ0n) is 17.4. The SMILES string of the molecule is O=C(NCc1ccc(COc2ccccc2)cc1)C1CCCN1C(=O)c1ccccc1. The second kappa shape index (κ2) is 9.94. The van der Waals surface area contributed by atoms with Crippen molar-refractivity contribution >= 4 is 11.8 Å². The fourth-order valence-corrected chi connectivity index (χ4v) is 3.77. The molecule has 0 spiro atoms. The summed E-state index contributed by atoms with van der Waals surface area (Å²) in [5.41, 5.74) is 2.70. The summed E-state index contributed by atoms with van der Waals surface area (Å²) in [5.74, 6) is 0.657. The molecule has 0 saturated carbocycles. The monoisotopic (exact) mass is 414 g/mol. The van der Waals surface area contributed by atoms with E-state index in [0.29, 0.717) is 31.7 Å². The van der Waals surface area contributed by atoms with Gasteiger partial charge in [0.25, 0.3) is 5.91 Å². The minimum Gasteiger partial charge on any atom is -0.489 e. The van der Waals surface area contributed by atoms with Crippen LogP contribution in [0.5, 0.6) is 5.75 Å². The number of nitrogens with zero attached hydrogens (tertiary/aromatic N) is 1. The van der Waals surface area contributed by atoms with Gasteiger partial charge in [-0.05, 0) is 48.2 Å². The smallest absolute Gasteiger partial charge is 0.254 e. The molecule has 5 nitrogen and oxygen atoms in total. The zero-order valence-corrected chi connectivity index (χ0v) is 17.4. The van der Waals surface area contributed by atoms with Gasteiger partial charge < -0.3 is 15.0 Å². The van der Waals surface area contributed by atoms with E-state index in [1.54, 1.807) is 17.0 Å². The minimum atomic E-state index is -0.411. The van der Waals surface area contributed by atoms with Crippen LogP contribution in [0.2, 0.25) is 0 Å². The molecule has 3 aromatic carbocycles. The first-order valence-corrected chi connectivity index (χ1v) is 10.6. The molecule has 1 aliphatic heterocycles. The molecule has 2 amide bonds. The third-order valence-electron chi connectivity index (χ3n) is 5.48. The molecule has 1 heterocycles. The van der Waals surface area contributed by atoms with Gasteiger partial charge in [0.1, 0.15) is 18.4 Å². The first kappa shape index (κ1) is 20.7. The minimum absolute atomic E-state index is 0.0824. The van der Waals surface area contributed by atoms with Crippen molar-refractivity contribution in [2.24, 2.45) is 0 Å². The van der Waals surface area contributed by atoms with Crippen LogP contribution in [0.1, 0.15) is 34.3 Å². The highest BCUT2D eigenvalue weighted by Gasteiger charge is 2.34. The normalized spacial score (nSPS) is 15.5. The number of likely N-dealkylation sites (tertiary alicyclic amines) is 1. The highest BCUT2D eigenvalue weighted by atomic mass is 16.5. The van der Waals surface area contributed by atoms with Crippen molar-refractivity contribution in [1.82, 2.24) is 10.2 Å². The maximum Gasteiger partial charge on any atom is 0.254 e. The van der Waals surface area contributed by atoms with Gasteiger partial charge in [-0.15, -0.1) is 0 Å². The molecule has 1 saturated heterocycles. The van der Waals surface area contributed by atoms with Gasteiger partial charge >= 0.3 is 0 Å². The summed E-state index contributed by atoms with van der Waals surface area (Å²) >= 11 is 0. The zero-order chi connectivity index (χ0) is 21.5. The third kappa shape index (κ3) is 5.31. The van der Waals surface area contributed by atoms with Crippen molar-refractivity contribution in [3.8, 4) is 5.75 Å². The molecule has 0 bridgehead atoms. The predicted octanol–water partition coefficient (Wildman–Crippen LogP) is 4.19. The van der Waals surface area contributed by atoms with Crippen molar-refractivity contribution in [1.29, 1.82) is 0 Å². The number of hydrogen-bond donors (Lipinski definition) is 1. The Kier molecular flexibility index (Phi) is 6.62. The van der Waals surface area contributed by atoms with Crippen LogP contribution in [0.3, 0.4) is 0 Å². The van der Waals surface area contributed by atoms with Crippen LogP contribution in [0.15, 0.2) is 84.9 Å². The van der Waals surface area contributed by atoms with Gasteiger partial charge in [-0.25, -0.2) is 0 Å². The Morgan fingerprint density at radius 2 is 1.52 bits per heavy atom. The first-order valence-electron chi connectivity index (χ1n) is 10.6. The molecule has 3 aromatic rings. The molecular weight excluding hydrogens is 388 g/mol. The number of nitrogens with one attached hydrogen (secondary N) is 1. The van der Waals surface area contributed by atoms with E-state index in [-0.39, 0.29) is 11.8 Å². The van der Waals surface area contributed by atoms with E-state index in [1.807, 2.05) is 72.8 Å². The molecule has 0 radical (unpaired) electrons. The molecule has 1 fully saturated rings. The van der Waals surface area contributed by atoms with E-state index in [9.17, 15) is 9.59 Å². The number of rotatable bonds is 7. The Labute approximate surface area is 182 Å². The van der Waals surface area contributed by atoms with Crippen molar-refractivity contribution in [2.75, 3.05) is 6.54 Å². The molecule has 1 unspecified atom stereocenters. The number of hydrogen-bond acceptors (Lipinski definition) is 3. The third-order valence-corrected chi connectivity index (χ3v) is 5.48. The largest absolute Gasteiger partial charge is 0.489 e. The number of ether oxygens (including phenoxy) is 1. The molecule has 1 N–H and O–H groups in total. The second-order valence-electron chi connectivity index (χ2n) is 7.66. The summed E-state index contributed by atoms with van der Waals surface area (Å²) in [5, 5.41) is 2.99. The topological polar surface area (TPSA) is 58.6 Å². The lowest BCUT2D eigenvalue weighted by Crippen LogP contribution is -2.45. The Balaban J connectivity index is 1.29. The summed E-state index contributed by atoms with van der Waals surface area (Å²) in [6.07, 6.45) is 1.53. The Morgan fingerprint density at radius 3 is 2.23 bits per heavy atom. The predicted molar refractivity (Wildman–Crippen MR) is 120 cm³/mol. The second-order valence-corrected chi connectivity index (χ2v) is 7.66. The molecule has 0 aliphatic carbocycles. The van der Waals surface area contributed by atoms with E-state index < -0.39 is 6.04 Å². The summed E-state index contributed by atoms with van der Waals surface area (Å²) in [6.45, 7) is 1.54. The standard InChI is InChI=1S/C26H26N2O3/c29-25(24-12-7-17-28(24)26(30)22-8-3-1-4-9-22)27-18-20-13-15-21(16-14-20)19-31-23-10-5-2-6-11-23/h1-6,8-11,13-16,24H,7,12,17-19H2,(H,27,29). The maximum absolute atomic E-state index is 12.8. The molecule has 4 rings (SSSR count). The quantitative estimate of drug-likeness (QED) is 0.631. The lowest BCUT2D eigenvalue weighted by atomic mass is 10.1. The van der Waals surface area contributed by atoms with E-state index in [4.69, 9.17) is 4.74 Å². The number of para-hydroxylation sites is 1. The molecule has 31 heavy (non-hydrogen) atoms. The van der Waals surface area contributed by atoms with Gasteiger partial charge in [0, 0.05) is 18.7 Å². The summed E-state index contributed by atoms with van der Waals surface area (Å²) < 4.78 is 5.76. The average molecular weight is 415 g/mol. The van der Waals surface area contributed by atoms with Gasteiger partial charge in [0.05, 0.1) is 0 Å². The van der Waals surface area contributed by atoms with Gasteiger partial charge in [0.2, 0.25) is 5.91 Å². The number of amides is 2. The highest BCUT2D eigenvalue weighted by molar-refractivity contribution is 5.97. The number of carbonyl (C=O) groups is 2. The van der Waals surface area contributed by atoms with Crippen LogP contribution in [-0.4, -0.2) is 29.3 Å². The fraction of sp³-hybridized carbons (Fsp3) is 0.231. The molecule has 1 aliphatic rings. The number of benzene rings is 3. The first-order chi connectivity index (χ1) is 15.2. The summed E-state index contributed by atoms with van der Waals surface area (Å²) in [4.78, 5) is 27.2. The van der Waals surface area contributed by atoms with Gasteiger partial charge in [-0.3, -0.25) is 9.59 Å². The summed E-state index contributed by atoms with van der Waals surface area (Å²) in [7, 11) is 0. The van der Waals surface area contributed by atoms with Gasteiger partial charge in [-0.1, -0.05) is 60.7 Å². The van der Waals surface area contributed by atoms with Crippen molar-refractivity contribution in [3.63, 3.8) is 0 Å². The molecule has 1 atom stereocenters. The van der Waals surface area contributed by atoms with Crippen LogP contribution in [0.25, 0.3) is 0 Å². The van der Waals surface area contributed by atoms with E-state index in [2.05, 4.69) is 5.32 Å². The Hall–Kier alpha value is -3.60. The highest BCUT2D eigenvalue weighted by Crippen LogP contribution is 2.20. The molecule has 5 heteroatoms. The lowest BCUT2D eigenvalue weighted by Gasteiger charge is -2.24. The van der Waals surface area contributed by atoms with Crippen molar-refractivity contribution in [2.45, 2.75) is 32.0 Å². The Bertz CT molecular complexity index is 1000. The number of carbonyl (C=O) groups excluding carboxylic acids is 2. The molecule has 0 aromatic heterocycles.